The van der Waals surface area contributed by atoms with Crippen LogP contribution < -0.4 is 10.1 Å². The van der Waals surface area contributed by atoms with Crippen LogP contribution >= 0.6 is 23.2 Å². The van der Waals surface area contributed by atoms with Gasteiger partial charge in [0.15, 0.2) is 5.75 Å². The Hall–Kier alpha value is -0.740. The highest BCUT2D eigenvalue weighted by molar-refractivity contribution is 6.37. The van der Waals surface area contributed by atoms with Crippen LogP contribution in [0.25, 0.3) is 0 Å². The van der Waals surface area contributed by atoms with Gasteiger partial charge in [0, 0.05) is 11.7 Å². The van der Waals surface area contributed by atoms with Crippen molar-refractivity contribution in [3.8, 4) is 5.75 Å². The molecule has 0 aliphatic rings. The Kier molecular flexibility index (Phi) is 7.53. The molecule has 1 rings (SSSR count). The van der Waals surface area contributed by atoms with Gasteiger partial charge >= 0.3 is 6.61 Å². The molecule has 0 amide bonds. The van der Waals surface area contributed by atoms with E-state index in [1.54, 1.807) is 12.1 Å². The Morgan fingerprint density at radius 3 is 2.14 bits per heavy atom. The van der Waals surface area contributed by atoms with E-state index in [1.807, 2.05) is 0 Å². The van der Waals surface area contributed by atoms with Gasteiger partial charge in [0.1, 0.15) is 0 Å². The molecule has 21 heavy (non-hydrogen) atoms. The zero-order chi connectivity index (χ0) is 16.0. The largest absolute Gasteiger partial charge is 0.432 e. The van der Waals surface area contributed by atoms with Crippen molar-refractivity contribution in [2.24, 2.45) is 5.92 Å². The highest BCUT2D eigenvalue weighted by Gasteiger charge is 2.16. The summed E-state index contributed by atoms with van der Waals surface area (Å²) in [5, 5.41) is 3.49. The second kappa shape index (κ2) is 8.64. The normalized spacial score (nSPS) is 14.1. The zero-order valence-corrected chi connectivity index (χ0v) is 13.9. The molecule has 0 aliphatic carbocycles. The maximum atomic E-state index is 12.3. The van der Waals surface area contributed by atoms with Crippen molar-refractivity contribution in [2.45, 2.75) is 52.7 Å². The third-order valence-electron chi connectivity index (χ3n) is 3.45. The monoisotopic (exact) mass is 339 g/mol. The molecule has 1 aromatic rings. The Morgan fingerprint density at radius 2 is 1.71 bits per heavy atom. The van der Waals surface area contributed by atoms with E-state index in [2.05, 4.69) is 30.8 Å². The lowest BCUT2D eigenvalue weighted by molar-refractivity contribution is -0.0497. The summed E-state index contributed by atoms with van der Waals surface area (Å²) in [5.41, 5.74) is 0.710. The van der Waals surface area contributed by atoms with Gasteiger partial charge in [-0.15, -0.1) is 0 Å². The summed E-state index contributed by atoms with van der Waals surface area (Å²) < 4.78 is 28.9. The van der Waals surface area contributed by atoms with Crippen LogP contribution in [-0.4, -0.2) is 12.7 Å². The van der Waals surface area contributed by atoms with Crippen molar-refractivity contribution >= 4 is 28.9 Å². The van der Waals surface area contributed by atoms with E-state index in [0.717, 1.165) is 19.3 Å². The van der Waals surface area contributed by atoms with E-state index < -0.39 is 6.61 Å². The van der Waals surface area contributed by atoms with Gasteiger partial charge in [-0.1, -0.05) is 50.4 Å². The van der Waals surface area contributed by atoms with E-state index in [-0.39, 0.29) is 21.8 Å². The summed E-state index contributed by atoms with van der Waals surface area (Å²) in [5.74, 6) is 0.420. The summed E-state index contributed by atoms with van der Waals surface area (Å²) in [6, 6.07) is 3.41. The van der Waals surface area contributed by atoms with Gasteiger partial charge < -0.3 is 10.1 Å². The third-order valence-corrected chi connectivity index (χ3v) is 4.01. The summed E-state index contributed by atoms with van der Waals surface area (Å²) >= 11 is 11.9. The summed E-state index contributed by atoms with van der Waals surface area (Å²) in [4.78, 5) is 0. The third kappa shape index (κ3) is 5.87. The average molecular weight is 340 g/mol. The van der Waals surface area contributed by atoms with E-state index >= 15 is 0 Å². The van der Waals surface area contributed by atoms with Gasteiger partial charge in [0.2, 0.25) is 0 Å². The molecule has 0 saturated carbocycles. The lowest BCUT2D eigenvalue weighted by atomic mass is 9.97. The second-order valence-electron chi connectivity index (χ2n) is 5.15. The van der Waals surface area contributed by atoms with Gasteiger partial charge in [-0.3, -0.25) is 0 Å². The maximum absolute atomic E-state index is 12.3. The number of anilines is 1. The van der Waals surface area contributed by atoms with E-state index in [1.165, 1.54) is 0 Å². The molecule has 2 nitrogen and oxygen atoms in total. The number of rotatable bonds is 8. The van der Waals surface area contributed by atoms with E-state index in [4.69, 9.17) is 23.2 Å². The number of hydrogen-bond acceptors (Lipinski definition) is 2. The van der Waals surface area contributed by atoms with Crippen molar-refractivity contribution in [3.05, 3.63) is 22.2 Å². The van der Waals surface area contributed by atoms with Gasteiger partial charge in [0.25, 0.3) is 0 Å². The van der Waals surface area contributed by atoms with Crippen LogP contribution in [-0.2, 0) is 0 Å². The van der Waals surface area contributed by atoms with Crippen molar-refractivity contribution in [2.75, 3.05) is 5.32 Å². The molecular weight excluding hydrogens is 319 g/mol. The van der Waals surface area contributed by atoms with E-state index in [0.29, 0.717) is 11.6 Å². The lowest BCUT2D eigenvalue weighted by Crippen LogP contribution is -2.21. The predicted octanol–water partition coefficient (Wildman–Crippen LogP) is 6.22. The van der Waals surface area contributed by atoms with Crippen LogP contribution in [0.3, 0.4) is 0 Å². The Morgan fingerprint density at radius 1 is 1.14 bits per heavy atom. The molecular formula is C15H21Cl2F2NO. The number of alkyl halides is 2. The zero-order valence-electron chi connectivity index (χ0n) is 12.4. The highest BCUT2D eigenvalue weighted by Crippen LogP contribution is 2.37. The fourth-order valence-electron chi connectivity index (χ4n) is 2.06. The summed E-state index contributed by atoms with van der Waals surface area (Å²) in [6.07, 6.45) is 3.09. The molecule has 0 heterocycles. The smallest absolute Gasteiger partial charge is 0.387 e. The van der Waals surface area contributed by atoms with Crippen molar-refractivity contribution in [1.29, 1.82) is 0 Å². The predicted molar refractivity (Wildman–Crippen MR) is 84.9 cm³/mol. The number of benzene rings is 1. The Labute approximate surface area is 134 Å². The minimum Gasteiger partial charge on any atom is -0.432 e. The van der Waals surface area contributed by atoms with Crippen LogP contribution in [0.1, 0.15) is 40.0 Å². The minimum atomic E-state index is -2.95. The molecule has 1 aromatic carbocycles. The van der Waals surface area contributed by atoms with Crippen molar-refractivity contribution < 1.29 is 13.5 Å². The molecule has 120 valence electrons. The summed E-state index contributed by atoms with van der Waals surface area (Å²) in [7, 11) is 0. The van der Waals surface area contributed by atoms with Crippen LogP contribution in [0.15, 0.2) is 12.1 Å². The molecule has 0 aromatic heterocycles. The van der Waals surface area contributed by atoms with Gasteiger partial charge in [-0.05, 0) is 30.9 Å². The van der Waals surface area contributed by atoms with Crippen molar-refractivity contribution in [3.63, 3.8) is 0 Å². The average Bonchev–Trinajstić information content (AvgIpc) is 2.41. The first-order valence-corrected chi connectivity index (χ1v) is 7.83. The first-order valence-electron chi connectivity index (χ1n) is 7.07. The molecule has 1 N–H and O–H groups in total. The minimum absolute atomic E-state index is 0.0729. The second-order valence-corrected chi connectivity index (χ2v) is 5.96. The van der Waals surface area contributed by atoms with Crippen LogP contribution in [0.5, 0.6) is 5.75 Å². The number of halogens is 4. The molecule has 0 aliphatic heterocycles. The number of nitrogens with one attached hydrogen (secondary N) is 1. The Balaban J connectivity index is 2.84. The molecule has 0 saturated heterocycles. The number of ether oxygens (including phenoxy) is 1. The van der Waals surface area contributed by atoms with Crippen LogP contribution in [0.2, 0.25) is 10.0 Å². The quantitative estimate of drug-likeness (QED) is 0.606. The molecule has 6 heteroatoms. The van der Waals surface area contributed by atoms with Crippen LogP contribution in [0.4, 0.5) is 14.5 Å². The maximum Gasteiger partial charge on any atom is 0.387 e. The highest BCUT2D eigenvalue weighted by atomic mass is 35.5. The van der Waals surface area contributed by atoms with E-state index in [9.17, 15) is 8.78 Å². The lowest BCUT2D eigenvalue weighted by Gasteiger charge is -2.22. The first kappa shape index (κ1) is 18.3. The fraction of sp³-hybridized carbons (Fsp3) is 0.600. The molecule has 0 fully saturated rings. The molecule has 2 atom stereocenters. The first-order chi connectivity index (χ1) is 9.87. The number of hydrogen-bond donors (Lipinski definition) is 1. The van der Waals surface area contributed by atoms with Gasteiger partial charge in [-0.25, -0.2) is 0 Å². The fourth-order valence-corrected chi connectivity index (χ4v) is 2.64. The molecule has 0 spiro atoms. The van der Waals surface area contributed by atoms with Gasteiger partial charge in [0.05, 0.1) is 10.0 Å². The SMILES string of the molecule is CCC(C)CC(CC)Nc1cc(Cl)c(OC(F)F)c(Cl)c1. The molecule has 0 radical (unpaired) electrons. The van der Waals surface area contributed by atoms with Gasteiger partial charge in [-0.2, -0.15) is 8.78 Å². The van der Waals surface area contributed by atoms with Crippen LogP contribution in [0, 0.1) is 5.92 Å². The molecule has 0 bridgehead atoms. The Bertz CT molecular complexity index is 434. The standard InChI is InChI=1S/C15H21Cl2F2NO/c1-4-9(3)6-10(5-2)20-11-7-12(16)14(13(17)8-11)21-15(18)19/h7-10,15,20H,4-6H2,1-3H3. The molecule has 2 unspecified atom stereocenters. The topological polar surface area (TPSA) is 21.3 Å². The van der Waals surface area contributed by atoms with Crippen molar-refractivity contribution in [1.82, 2.24) is 0 Å². The summed E-state index contributed by atoms with van der Waals surface area (Å²) in [6.45, 7) is 3.50.